The number of hydrogen-bond donors (Lipinski definition) is 2. The molecule has 8 heavy (non-hydrogen) atoms. The molecule has 0 atom stereocenters. The first-order chi connectivity index (χ1) is 3.66. The summed E-state index contributed by atoms with van der Waals surface area (Å²) in [4.78, 5) is 0. The lowest BCUT2D eigenvalue weighted by Crippen LogP contribution is -1.83. The van der Waals surface area contributed by atoms with Gasteiger partial charge in [-0.15, -0.1) is 0 Å². The van der Waals surface area contributed by atoms with Gasteiger partial charge in [-0.25, -0.2) is 0 Å². The van der Waals surface area contributed by atoms with Gasteiger partial charge in [0.15, 0.2) is 0 Å². The van der Waals surface area contributed by atoms with Gasteiger partial charge in [0, 0.05) is 11.9 Å². The number of hydrogen-bond acceptors (Lipinski definition) is 2. The molecule has 0 aromatic rings. The van der Waals surface area contributed by atoms with Crippen molar-refractivity contribution >= 4 is 11.9 Å². The molecular formula is C6H10N2. The van der Waals surface area contributed by atoms with Crippen LogP contribution in [0.25, 0.3) is 0 Å². The predicted molar refractivity (Wildman–Crippen MR) is 35.9 cm³/mol. The Morgan fingerprint density at radius 1 is 1.38 bits per heavy atom. The van der Waals surface area contributed by atoms with Crippen molar-refractivity contribution in [3.8, 4) is 0 Å². The summed E-state index contributed by atoms with van der Waals surface area (Å²) in [6.07, 6.45) is 2.88. The average Bonchev–Trinajstić information content (AvgIpc) is 1.65. The third-order valence-corrected chi connectivity index (χ3v) is 0.672. The van der Waals surface area contributed by atoms with Gasteiger partial charge < -0.3 is 10.8 Å². The van der Waals surface area contributed by atoms with Gasteiger partial charge >= 0.3 is 0 Å². The SMILES string of the molecule is CC(=N)/C=C(/C)C=N. The molecule has 0 aliphatic heterocycles. The monoisotopic (exact) mass is 110 g/mol. The summed E-state index contributed by atoms with van der Waals surface area (Å²) in [6, 6.07) is 0. The Morgan fingerprint density at radius 2 is 1.88 bits per heavy atom. The van der Waals surface area contributed by atoms with Crippen LogP contribution in [0.15, 0.2) is 11.6 Å². The molecule has 0 saturated carbocycles. The Morgan fingerprint density at radius 3 is 2.00 bits per heavy atom. The van der Waals surface area contributed by atoms with Crippen molar-refractivity contribution in [1.29, 1.82) is 10.8 Å². The maximum Gasteiger partial charge on any atom is 0.0286 e. The van der Waals surface area contributed by atoms with Gasteiger partial charge in [0.1, 0.15) is 0 Å². The first-order valence-corrected chi connectivity index (χ1v) is 2.40. The summed E-state index contributed by atoms with van der Waals surface area (Å²) in [5.41, 5.74) is 1.31. The highest BCUT2D eigenvalue weighted by atomic mass is 14.4. The van der Waals surface area contributed by atoms with Gasteiger partial charge in [-0.2, -0.15) is 0 Å². The van der Waals surface area contributed by atoms with Crippen LogP contribution in [0.5, 0.6) is 0 Å². The van der Waals surface area contributed by atoms with E-state index in [-0.39, 0.29) is 0 Å². The van der Waals surface area contributed by atoms with Crippen molar-refractivity contribution in [2.75, 3.05) is 0 Å². The minimum absolute atomic E-state index is 0.492. The minimum Gasteiger partial charge on any atom is -0.308 e. The topological polar surface area (TPSA) is 47.7 Å². The molecule has 2 heteroatoms. The Bertz CT molecular complexity index is 133. The van der Waals surface area contributed by atoms with E-state index in [4.69, 9.17) is 10.8 Å². The second-order valence-electron chi connectivity index (χ2n) is 1.72. The van der Waals surface area contributed by atoms with E-state index in [1.54, 1.807) is 19.9 Å². The fourth-order valence-corrected chi connectivity index (χ4v) is 0.383. The van der Waals surface area contributed by atoms with Gasteiger partial charge in [-0.1, -0.05) is 0 Å². The van der Waals surface area contributed by atoms with Gasteiger partial charge in [0.2, 0.25) is 0 Å². The van der Waals surface area contributed by atoms with Crippen LogP contribution in [0.3, 0.4) is 0 Å². The van der Waals surface area contributed by atoms with Crippen molar-refractivity contribution in [1.82, 2.24) is 0 Å². The van der Waals surface area contributed by atoms with Crippen LogP contribution in [0, 0.1) is 10.8 Å². The molecule has 44 valence electrons. The maximum atomic E-state index is 6.95. The summed E-state index contributed by atoms with van der Waals surface area (Å²) < 4.78 is 0. The lowest BCUT2D eigenvalue weighted by molar-refractivity contribution is 1.46. The molecule has 0 saturated heterocycles. The molecule has 0 bridgehead atoms. The van der Waals surface area contributed by atoms with E-state index in [2.05, 4.69) is 0 Å². The third-order valence-electron chi connectivity index (χ3n) is 0.672. The van der Waals surface area contributed by atoms with Crippen LogP contribution in [0.1, 0.15) is 13.8 Å². The molecule has 0 heterocycles. The number of nitrogens with one attached hydrogen (secondary N) is 2. The Hall–Kier alpha value is -0.920. The summed E-state index contributed by atoms with van der Waals surface area (Å²) in [5.74, 6) is 0. The lowest BCUT2D eigenvalue weighted by atomic mass is 10.2. The Balaban J connectivity index is 3.94. The quantitative estimate of drug-likeness (QED) is 0.507. The van der Waals surface area contributed by atoms with Crippen LogP contribution < -0.4 is 0 Å². The summed E-state index contributed by atoms with van der Waals surface area (Å²) in [5, 5.41) is 13.7. The summed E-state index contributed by atoms with van der Waals surface area (Å²) >= 11 is 0. The van der Waals surface area contributed by atoms with Crippen LogP contribution in [-0.4, -0.2) is 11.9 Å². The van der Waals surface area contributed by atoms with E-state index in [9.17, 15) is 0 Å². The van der Waals surface area contributed by atoms with E-state index in [1.165, 1.54) is 6.21 Å². The molecule has 2 nitrogen and oxygen atoms in total. The van der Waals surface area contributed by atoms with Crippen LogP contribution in [-0.2, 0) is 0 Å². The maximum absolute atomic E-state index is 6.95. The zero-order chi connectivity index (χ0) is 6.57. The van der Waals surface area contributed by atoms with E-state index < -0.39 is 0 Å². The molecule has 0 aromatic carbocycles. The van der Waals surface area contributed by atoms with E-state index in [1.807, 2.05) is 0 Å². The van der Waals surface area contributed by atoms with Crippen molar-refractivity contribution < 1.29 is 0 Å². The largest absolute Gasteiger partial charge is 0.308 e. The highest BCUT2D eigenvalue weighted by molar-refractivity contribution is 5.95. The fourth-order valence-electron chi connectivity index (χ4n) is 0.383. The average molecular weight is 110 g/mol. The van der Waals surface area contributed by atoms with Crippen molar-refractivity contribution in [2.24, 2.45) is 0 Å². The minimum atomic E-state index is 0.492. The van der Waals surface area contributed by atoms with Crippen LogP contribution >= 0.6 is 0 Å². The Labute approximate surface area is 49.2 Å². The molecule has 0 unspecified atom stereocenters. The van der Waals surface area contributed by atoms with Gasteiger partial charge in [-0.05, 0) is 25.5 Å². The predicted octanol–water partition coefficient (Wildman–Crippen LogP) is 1.62. The van der Waals surface area contributed by atoms with Crippen LogP contribution in [0.4, 0.5) is 0 Å². The standard InChI is InChI=1S/C6H10N2/c1-5(4-7)3-6(2)8/h3-4,7-8H,1-2H3/b5-3-,7-4?,8-6?. The van der Waals surface area contributed by atoms with E-state index in [0.29, 0.717) is 5.71 Å². The zero-order valence-corrected chi connectivity index (χ0v) is 5.15. The zero-order valence-electron chi connectivity index (χ0n) is 5.15. The first kappa shape index (κ1) is 7.08. The highest BCUT2D eigenvalue weighted by Crippen LogP contribution is 1.85. The van der Waals surface area contributed by atoms with Gasteiger partial charge in [-0.3, -0.25) is 0 Å². The van der Waals surface area contributed by atoms with Crippen molar-refractivity contribution in [3.05, 3.63) is 11.6 Å². The Kier molecular flexibility index (Phi) is 2.77. The summed E-state index contributed by atoms with van der Waals surface area (Å²) in [6.45, 7) is 3.48. The molecule has 0 aliphatic carbocycles. The normalized spacial score (nSPS) is 11.0. The van der Waals surface area contributed by atoms with Crippen LogP contribution in [0.2, 0.25) is 0 Å². The van der Waals surface area contributed by atoms with E-state index in [0.717, 1.165) is 5.57 Å². The third kappa shape index (κ3) is 3.28. The van der Waals surface area contributed by atoms with Gasteiger partial charge in [0.25, 0.3) is 0 Å². The highest BCUT2D eigenvalue weighted by Gasteiger charge is 1.80. The first-order valence-electron chi connectivity index (χ1n) is 2.40. The second-order valence-corrected chi connectivity index (χ2v) is 1.72. The van der Waals surface area contributed by atoms with Crippen molar-refractivity contribution in [3.63, 3.8) is 0 Å². The van der Waals surface area contributed by atoms with Gasteiger partial charge in [0.05, 0.1) is 0 Å². The molecular weight excluding hydrogens is 100 g/mol. The molecule has 0 aromatic heterocycles. The molecule has 0 aliphatic rings. The molecule has 0 rings (SSSR count). The van der Waals surface area contributed by atoms with Crippen molar-refractivity contribution in [2.45, 2.75) is 13.8 Å². The number of rotatable bonds is 2. The molecule has 0 amide bonds. The molecule has 0 radical (unpaired) electrons. The molecule has 0 spiro atoms. The molecule has 0 fully saturated rings. The smallest absolute Gasteiger partial charge is 0.0286 e. The summed E-state index contributed by atoms with van der Waals surface area (Å²) in [7, 11) is 0. The van der Waals surface area contributed by atoms with E-state index >= 15 is 0 Å². The fraction of sp³-hybridized carbons (Fsp3) is 0.333. The molecule has 2 N–H and O–H groups in total. The second kappa shape index (κ2) is 3.13. The number of allylic oxidation sites excluding steroid dienone is 2. The lowest BCUT2D eigenvalue weighted by Gasteiger charge is -1.85.